The molecule has 0 aliphatic carbocycles. The van der Waals surface area contributed by atoms with Gasteiger partial charge >= 0.3 is 5.97 Å². The first-order valence-corrected chi connectivity index (χ1v) is 5.53. The van der Waals surface area contributed by atoms with E-state index in [1.165, 1.54) is 7.11 Å². The highest BCUT2D eigenvalue weighted by Crippen LogP contribution is 2.26. The van der Waals surface area contributed by atoms with E-state index in [9.17, 15) is 9.90 Å². The standard InChI is InChI=1S/C13H18O4/c1-9-4-5-11(10(2)14)12(8-9)17-7-6-13(15)16-3/h4-5,8,10,14H,6-7H2,1-3H3/t10-/m0/s1. The van der Waals surface area contributed by atoms with E-state index in [4.69, 9.17) is 4.74 Å². The summed E-state index contributed by atoms with van der Waals surface area (Å²) in [6, 6.07) is 5.59. The third-order valence-corrected chi connectivity index (χ3v) is 2.41. The number of benzene rings is 1. The monoisotopic (exact) mass is 238 g/mol. The van der Waals surface area contributed by atoms with Crippen molar-refractivity contribution in [2.75, 3.05) is 13.7 Å². The second-order valence-electron chi connectivity index (χ2n) is 3.89. The SMILES string of the molecule is COC(=O)CCOc1cc(C)ccc1[C@H](C)O. The maximum atomic E-state index is 10.9. The number of rotatable bonds is 5. The largest absolute Gasteiger partial charge is 0.493 e. The highest BCUT2D eigenvalue weighted by Gasteiger charge is 2.10. The number of hydrogen-bond acceptors (Lipinski definition) is 4. The lowest BCUT2D eigenvalue weighted by Crippen LogP contribution is -2.09. The lowest BCUT2D eigenvalue weighted by atomic mass is 10.1. The van der Waals surface area contributed by atoms with E-state index in [0.29, 0.717) is 5.75 Å². The number of methoxy groups -OCH3 is 1. The Morgan fingerprint density at radius 3 is 2.76 bits per heavy atom. The predicted molar refractivity (Wildman–Crippen MR) is 63.9 cm³/mol. The van der Waals surface area contributed by atoms with Crippen LogP contribution in [0.2, 0.25) is 0 Å². The Morgan fingerprint density at radius 1 is 1.47 bits per heavy atom. The number of aliphatic hydroxyl groups is 1. The van der Waals surface area contributed by atoms with E-state index >= 15 is 0 Å². The normalized spacial score (nSPS) is 12.0. The Morgan fingerprint density at radius 2 is 2.18 bits per heavy atom. The van der Waals surface area contributed by atoms with Crippen molar-refractivity contribution in [1.29, 1.82) is 0 Å². The molecule has 94 valence electrons. The minimum absolute atomic E-state index is 0.198. The zero-order valence-electron chi connectivity index (χ0n) is 10.4. The van der Waals surface area contributed by atoms with Gasteiger partial charge in [-0.05, 0) is 25.5 Å². The van der Waals surface area contributed by atoms with E-state index in [1.54, 1.807) is 6.92 Å². The summed E-state index contributed by atoms with van der Waals surface area (Å²) >= 11 is 0. The molecule has 1 aromatic rings. The number of esters is 1. The van der Waals surface area contributed by atoms with Gasteiger partial charge in [0.15, 0.2) is 0 Å². The summed E-state index contributed by atoms with van der Waals surface area (Å²) in [5, 5.41) is 9.58. The minimum atomic E-state index is -0.594. The average Bonchev–Trinajstić information content (AvgIpc) is 2.28. The first-order chi connectivity index (χ1) is 8.04. The highest BCUT2D eigenvalue weighted by molar-refractivity contribution is 5.69. The van der Waals surface area contributed by atoms with Crippen LogP contribution in [0.25, 0.3) is 0 Å². The molecule has 4 heteroatoms. The van der Waals surface area contributed by atoms with Crippen molar-refractivity contribution in [3.05, 3.63) is 29.3 Å². The van der Waals surface area contributed by atoms with Crippen LogP contribution in [0.3, 0.4) is 0 Å². The van der Waals surface area contributed by atoms with Crippen molar-refractivity contribution >= 4 is 5.97 Å². The summed E-state index contributed by atoms with van der Waals surface area (Å²) in [5.74, 6) is 0.306. The molecule has 0 heterocycles. The van der Waals surface area contributed by atoms with E-state index in [-0.39, 0.29) is 19.0 Å². The molecule has 1 atom stereocenters. The second kappa shape index (κ2) is 6.25. The molecule has 17 heavy (non-hydrogen) atoms. The smallest absolute Gasteiger partial charge is 0.308 e. The molecule has 4 nitrogen and oxygen atoms in total. The van der Waals surface area contributed by atoms with E-state index < -0.39 is 6.10 Å². The molecule has 0 aromatic heterocycles. The third-order valence-electron chi connectivity index (χ3n) is 2.41. The van der Waals surface area contributed by atoms with Gasteiger partial charge in [0, 0.05) is 5.56 Å². The van der Waals surface area contributed by atoms with Crippen molar-refractivity contribution < 1.29 is 19.4 Å². The topological polar surface area (TPSA) is 55.8 Å². The van der Waals surface area contributed by atoms with Gasteiger partial charge in [0.25, 0.3) is 0 Å². The molecule has 1 aromatic carbocycles. The van der Waals surface area contributed by atoms with Crippen LogP contribution in [-0.4, -0.2) is 24.8 Å². The summed E-state index contributed by atoms with van der Waals surface area (Å²) in [7, 11) is 1.34. The molecule has 0 unspecified atom stereocenters. The van der Waals surface area contributed by atoms with Crippen LogP contribution in [0, 0.1) is 6.92 Å². The van der Waals surface area contributed by atoms with Crippen LogP contribution < -0.4 is 4.74 Å². The van der Waals surface area contributed by atoms with Crippen molar-refractivity contribution in [2.24, 2.45) is 0 Å². The van der Waals surface area contributed by atoms with Crippen LogP contribution >= 0.6 is 0 Å². The lowest BCUT2D eigenvalue weighted by molar-refractivity contribution is -0.141. The molecule has 0 aliphatic rings. The third kappa shape index (κ3) is 4.07. The number of ether oxygens (including phenoxy) is 2. The summed E-state index contributed by atoms with van der Waals surface area (Å²) in [6.45, 7) is 3.87. The molecule has 1 N–H and O–H groups in total. The van der Waals surface area contributed by atoms with Crippen LogP contribution in [-0.2, 0) is 9.53 Å². The number of hydrogen-bond donors (Lipinski definition) is 1. The minimum Gasteiger partial charge on any atom is -0.493 e. The number of aliphatic hydroxyl groups excluding tert-OH is 1. The van der Waals surface area contributed by atoms with Crippen LogP contribution in [0.5, 0.6) is 5.75 Å². The number of carbonyl (C=O) groups excluding carboxylic acids is 1. The van der Waals surface area contributed by atoms with Gasteiger partial charge in [-0.1, -0.05) is 12.1 Å². The van der Waals surface area contributed by atoms with Crippen molar-refractivity contribution in [1.82, 2.24) is 0 Å². The fourth-order valence-electron chi connectivity index (χ4n) is 1.46. The van der Waals surface area contributed by atoms with Gasteiger partial charge in [0.1, 0.15) is 5.75 Å². The van der Waals surface area contributed by atoms with Crippen molar-refractivity contribution in [2.45, 2.75) is 26.4 Å². The number of aryl methyl sites for hydroxylation is 1. The Labute approximate surface area is 101 Å². The molecular weight excluding hydrogens is 220 g/mol. The number of carbonyl (C=O) groups is 1. The Hall–Kier alpha value is -1.55. The van der Waals surface area contributed by atoms with Crippen molar-refractivity contribution in [3.63, 3.8) is 0 Å². The summed E-state index contributed by atoms with van der Waals surface area (Å²) in [6.07, 6.45) is -0.396. The zero-order chi connectivity index (χ0) is 12.8. The zero-order valence-corrected chi connectivity index (χ0v) is 10.4. The molecule has 0 spiro atoms. The van der Waals surface area contributed by atoms with Gasteiger partial charge in [-0.25, -0.2) is 0 Å². The molecule has 1 rings (SSSR count). The van der Waals surface area contributed by atoms with E-state index in [2.05, 4.69) is 4.74 Å². The molecule has 0 amide bonds. The van der Waals surface area contributed by atoms with Gasteiger partial charge in [0.05, 0.1) is 26.2 Å². The lowest BCUT2D eigenvalue weighted by Gasteiger charge is -2.13. The summed E-state index contributed by atoms with van der Waals surface area (Å²) < 4.78 is 10.0. The fraction of sp³-hybridized carbons (Fsp3) is 0.462. The maximum Gasteiger partial charge on any atom is 0.308 e. The quantitative estimate of drug-likeness (QED) is 0.797. The Kier molecular flexibility index (Phi) is 4.97. The maximum absolute atomic E-state index is 10.9. The average molecular weight is 238 g/mol. The first-order valence-electron chi connectivity index (χ1n) is 5.53. The van der Waals surface area contributed by atoms with Crippen LogP contribution in [0.4, 0.5) is 0 Å². The van der Waals surface area contributed by atoms with Crippen molar-refractivity contribution in [3.8, 4) is 5.75 Å². The molecule has 0 aliphatic heterocycles. The van der Waals surface area contributed by atoms with Gasteiger partial charge in [-0.2, -0.15) is 0 Å². The van der Waals surface area contributed by atoms with E-state index in [1.807, 2.05) is 25.1 Å². The highest BCUT2D eigenvalue weighted by atomic mass is 16.5. The summed E-state index contributed by atoms with van der Waals surface area (Å²) in [5.41, 5.74) is 1.77. The Balaban J connectivity index is 2.68. The fourth-order valence-corrected chi connectivity index (χ4v) is 1.46. The van der Waals surface area contributed by atoms with Gasteiger partial charge in [0.2, 0.25) is 0 Å². The molecule has 0 radical (unpaired) electrons. The first kappa shape index (κ1) is 13.5. The van der Waals surface area contributed by atoms with Gasteiger partial charge < -0.3 is 14.6 Å². The molecule has 0 saturated heterocycles. The molecule has 0 bridgehead atoms. The van der Waals surface area contributed by atoms with Crippen LogP contribution in [0.15, 0.2) is 18.2 Å². The van der Waals surface area contributed by atoms with Gasteiger partial charge in [-0.15, -0.1) is 0 Å². The van der Waals surface area contributed by atoms with Crippen LogP contribution in [0.1, 0.15) is 30.6 Å². The molecular formula is C13H18O4. The predicted octanol–water partition coefficient (Wildman–Crippen LogP) is 1.99. The van der Waals surface area contributed by atoms with Gasteiger partial charge in [-0.3, -0.25) is 4.79 Å². The van der Waals surface area contributed by atoms with E-state index in [0.717, 1.165) is 11.1 Å². The second-order valence-corrected chi connectivity index (χ2v) is 3.89. The molecule has 0 saturated carbocycles. The Bertz CT molecular complexity index is 385. The summed E-state index contributed by atoms with van der Waals surface area (Å²) in [4.78, 5) is 10.9. The molecule has 0 fully saturated rings.